The molecule has 1 aromatic heterocycles. The van der Waals surface area contributed by atoms with E-state index in [4.69, 9.17) is 15.2 Å². The number of nitrogens with two attached hydrogens (primary N) is 1. The molecule has 0 bridgehead atoms. The third-order valence-electron chi connectivity index (χ3n) is 6.84. The average molecular weight is 520 g/mol. The molecule has 202 valence electrons. The highest BCUT2D eigenvalue weighted by atomic mass is 16.5. The lowest BCUT2D eigenvalue weighted by atomic mass is 9.75. The topological polar surface area (TPSA) is 121 Å². The third kappa shape index (κ3) is 6.46. The third-order valence-corrected chi connectivity index (χ3v) is 6.84. The molecule has 0 fully saturated rings. The smallest absolute Gasteiger partial charge is 0.314 e. The van der Waals surface area contributed by atoms with Crippen molar-refractivity contribution in [3.8, 4) is 0 Å². The van der Waals surface area contributed by atoms with E-state index in [9.17, 15) is 9.59 Å². The average Bonchev–Trinajstić information content (AvgIpc) is 3.31. The Balaban J connectivity index is 1.63. The highest BCUT2D eigenvalue weighted by molar-refractivity contribution is 5.85. The number of hydrogen-bond donors (Lipinski definition) is 2. The molecular formula is C29H37N5O4. The second-order valence-corrected chi connectivity index (χ2v) is 10.5. The maximum Gasteiger partial charge on any atom is 0.314 e. The molecule has 3 N–H and O–H groups in total. The Labute approximate surface area is 223 Å². The van der Waals surface area contributed by atoms with Gasteiger partial charge in [-0.15, -0.1) is 10.2 Å². The minimum atomic E-state index is -1.09. The summed E-state index contributed by atoms with van der Waals surface area (Å²) in [5.74, 6) is 0.729. The van der Waals surface area contributed by atoms with E-state index in [0.717, 1.165) is 17.0 Å². The van der Waals surface area contributed by atoms with Gasteiger partial charge in [-0.3, -0.25) is 9.59 Å². The summed E-state index contributed by atoms with van der Waals surface area (Å²) in [6, 6.07) is 19.1. The van der Waals surface area contributed by atoms with Crippen LogP contribution in [-0.2, 0) is 45.1 Å². The zero-order chi connectivity index (χ0) is 27.2. The van der Waals surface area contributed by atoms with Crippen LogP contribution in [0.2, 0.25) is 0 Å². The van der Waals surface area contributed by atoms with Crippen LogP contribution in [-0.4, -0.2) is 45.4 Å². The molecule has 0 spiro atoms. The van der Waals surface area contributed by atoms with Crippen LogP contribution in [0.3, 0.4) is 0 Å². The van der Waals surface area contributed by atoms with Crippen molar-refractivity contribution in [3.63, 3.8) is 0 Å². The van der Waals surface area contributed by atoms with Crippen LogP contribution >= 0.6 is 0 Å². The van der Waals surface area contributed by atoms with Gasteiger partial charge < -0.3 is 25.1 Å². The van der Waals surface area contributed by atoms with Crippen LogP contribution in [0.1, 0.15) is 56.0 Å². The first kappa shape index (κ1) is 27.5. The van der Waals surface area contributed by atoms with Gasteiger partial charge in [-0.1, -0.05) is 60.7 Å². The summed E-state index contributed by atoms with van der Waals surface area (Å²) in [6.07, 6.45) is 1.68. The summed E-state index contributed by atoms with van der Waals surface area (Å²) < 4.78 is 13.5. The molecule has 1 amide bonds. The van der Waals surface area contributed by atoms with Crippen molar-refractivity contribution in [1.29, 1.82) is 0 Å². The van der Waals surface area contributed by atoms with Gasteiger partial charge in [0.05, 0.1) is 30.8 Å². The van der Waals surface area contributed by atoms with Crippen molar-refractivity contribution in [2.45, 2.75) is 64.8 Å². The Hall–Kier alpha value is -3.56. The summed E-state index contributed by atoms with van der Waals surface area (Å²) in [5, 5.41) is 11.9. The molecule has 0 saturated carbocycles. The predicted octanol–water partition coefficient (Wildman–Crippen LogP) is 3.13. The Kier molecular flexibility index (Phi) is 8.58. The SMILES string of the molecule is CCOC(=O)C1(Cc2ccccc2)CCc2nnc([C@@H](COCc3ccccc3)NC(=O)C(C)(C)N)n2C1. The Morgan fingerprint density at radius 1 is 1.08 bits per heavy atom. The predicted molar refractivity (Wildman–Crippen MR) is 143 cm³/mol. The molecule has 38 heavy (non-hydrogen) atoms. The van der Waals surface area contributed by atoms with Gasteiger partial charge in [-0.25, -0.2) is 0 Å². The number of carbonyl (C=O) groups is 2. The number of hydrogen-bond acceptors (Lipinski definition) is 7. The monoisotopic (exact) mass is 519 g/mol. The fraction of sp³-hybridized carbons (Fsp3) is 0.448. The molecular weight excluding hydrogens is 482 g/mol. The molecule has 0 saturated heterocycles. The molecule has 0 radical (unpaired) electrons. The maximum atomic E-state index is 13.4. The van der Waals surface area contributed by atoms with E-state index in [1.54, 1.807) is 13.8 Å². The van der Waals surface area contributed by atoms with Gasteiger partial charge in [0.15, 0.2) is 5.82 Å². The highest BCUT2D eigenvalue weighted by Gasteiger charge is 2.45. The fourth-order valence-electron chi connectivity index (χ4n) is 4.74. The molecule has 2 atom stereocenters. The summed E-state index contributed by atoms with van der Waals surface area (Å²) in [7, 11) is 0. The normalized spacial score (nSPS) is 17.9. The Morgan fingerprint density at radius 2 is 1.74 bits per heavy atom. The van der Waals surface area contributed by atoms with Crippen LogP contribution < -0.4 is 11.1 Å². The first-order valence-corrected chi connectivity index (χ1v) is 13.1. The number of carbonyl (C=O) groups excluding carboxylic acids is 2. The summed E-state index contributed by atoms with van der Waals surface area (Å²) in [5.41, 5.74) is 6.28. The number of amides is 1. The zero-order valence-electron chi connectivity index (χ0n) is 22.4. The first-order chi connectivity index (χ1) is 18.2. The van der Waals surface area contributed by atoms with E-state index in [0.29, 0.717) is 44.8 Å². The molecule has 9 heteroatoms. The number of benzene rings is 2. The highest BCUT2D eigenvalue weighted by Crippen LogP contribution is 2.37. The number of fused-ring (bicyclic) bond motifs is 1. The number of ether oxygens (including phenoxy) is 2. The maximum absolute atomic E-state index is 13.4. The quantitative estimate of drug-likeness (QED) is 0.373. The lowest BCUT2D eigenvalue weighted by molar-refractivity contribution is -0.157. The summed E-state index contributed by atoms with van der Waals surface area (Å²) in [6.45, 7) is 6.30. The number of aromatic nitrogens is 3. The standard InChI is InChI=1S/C29H37N5O4/c1-4-38-27(36)29(17-21-11-7-5-8-12-21)16-15-24-32-33-25(34(24)20-29)23(31-26(35)28(2,3)30)19-37-18-22-13-9-6-10-14-22/h5-14,23H,4,15-20,30H2,1-3H3,(H,31,35)/t23-,29?/m1/s1. The largest absolute Gasteiger partial charge is 0.466 e. The van der Waals surface area contributed by atoms with Crippen LogP contribution in [0.25, 0.3) is 0 Å². The molecule has 1 aliphatic heterocycles. The summed E-state index contributed by atoms with van der Waals surface area (Å²) in [4.78, 5) is 26.3. The number of esters is 1. The van der Waals surface area contributed by atoms with E-state index >= 15 is 0 Å². The second kappa shape index (κ2) is 11.9. The van der Waals surface area contributed by atoms with E-state index < -0.39 is 17.0 Å². The van der Waals surface area contributed by atoms with Gasteiger partial charge >= 0.3 is 5.97 Å². The van der Waals surface area contributed by atoms with Gasteiger partial charge in [-0.05, 0) is 44.7 Å². The number of rotatable bonds is 11. The number of aryl methyl sites for hydroxylation is 1. The zero-order valence-corrected chi connectivity index (χ0v) is 22.4. The molecule has 2 heterocycles. The Bertz CT molecular complexity index is 1220. The fourth-order valence-corrected chi connectivity index (χ4v) is 4.74. The first-order valence-electron chi connectivity index (χ1n) is 13.1. The minimum absolute atomic E-state index is 0.167. The molecule has 3 aromatic rings. The molecule has 9 nitrogen and oxygen atoms in total. The van der Waals surface area contributed by atoms with E-state index in [2.05, 4.69) is 15.5 Å². The van der Waals surface area contributed by atoms with Gasteiger partial charge in [0, 0.05) is 13.0 Å². The molecule has 1 aliphatic rings. The van der Waals surface area contributed by atoms with Crippen molar-refractivity contribution in [2.24, 2.45) is 11.1 Å². The Morgan fingerprint density at radius 3 is 2.37 bits per heavy atom. The van der Waals surface area contributed by atoms with Crippen molar-refractivity contribution < 1.29 is 19.1 Å². The summed E-state index contributed by atoms with van der Waals surface area (Å²) >= 11 is 0. The van der Waals surface area contributed by atoms with Gasteiger partial charge in [0.25, 0.3) is 0 Å². The van der Waals surface area contributed by atoms with Crippen molar-refractivity contribution >= 4 is 11.9 Å². The van der Waals surface area contributed by atoms with E-state index in [1.807, 2.05) is 72.2 Å². The molecule has 1 unspecified atom stereocenters. The van der Waals surface area contributed by atoms with Crippen molar-refractivity contribution in [1.82, 2.24) is 20.1 Å². The van der Waals surface area contributed by atoms with Crippen LogP contribution in [0, 0.1) is 5.41 Å². The van der Waals surface area contributed by atoms with E-state index in [1.165, 1.54) is 0 Å². The molecule has 4 rings (SSSR count). The van der Waals surface area contributed by atoms with Crippen LogP contribution in [0.5, 0.6) is 0 Å². The van der Waals surface area contributed by atoms with Crippen LogP contribution in [0.15, 0.2) is 60.7 Å². The lowest BCUT2D eigenvalue weighted by Gasteiger charge is -2.36. The molecule has 2 aromatic carbocycles. The van der Waals surface area contributed by atoms with Crippen molar-refractivity contribution in [3.05, 3.63) is 83.4 Å². The van der Waals surface area contributed by atoms with Gasteiger partial charge in [0.1, 0.15) is 11.9 Å². The number of nitrogens with one attached hydrogen (secondary N) is 1. The van der Waals surface area contributed by atoms with Gasteiger partial charge in [0.2, 0.25) is 5.91 Å². The van der Waals surface area contributed by atoms with Crippen LogP contribution in [0.4, 0.5) is 0 Å². The van der Waals surface area contributed by atoms with Crippen molar-refractivity contribution in [2.75, 3.05) is 13.2 Å². The lowest BCUT2D eigenvalue weighted by Crippen LogP contribution is -2.51. The number of nitrogens with zero attached hydrogens (tertiary/aromatic N) is 3. The minimum Gasteiger partial charge on any atom is -0.466 e. The molecule has 0 aliphatic carbocycles. The second-order valence-electron chi connectivity index (χ2n) is 10.5. The van der Waals surface area contributed by atoms with Gasteiger partial charge in [-0.2, -0.15) is 0 Å². The van der Waals surface area contributed by atoms with E-state index in [-0.39, 0.29) is 18.5 Å².